The minimum absolute atomic E-state index is 0.118. The maximum Gasteiger partial charge on any atom is 0.269 e. The van der Waals surface area contributed by atoms with Gasteiger partial charge in [-0.15, -0.1) is 11.6 Å². The number of rotatable bonds is 5. The maximum absolute atomic E-state index is 11.3. The van der Waals surface area contributed by atoms with Crippen molar-refractivity contribution in [2.24, 2.45) is 0 Å². The Labute approximate surface area is 81.7 Å². The summed E-state index contributed by atoms with van der Waals surface area (Å²) in [7, 11) is 0. The highest BCUT2D eigenvalue weighted by atomic mass is 35.5. The minimum Gasteiger partial charge on any atom is -0.351 e. The van der Waals surface area contributed by atoms with E-state index in [4.69, 9.17) is 11.6 Å². The van der Waals surface area contributed by atoms with Gasteiger partial charge in [-0.25, -0.2) is 0 Å². The van der Waals surface area contributed by atoms with E-state index in [0.29, 0.717) is 18.1 Å². The molecule has 0 unspecified atom stereocenters. The summed E-state index contributed by atoms with van der Waals surface area (Å²) >= 11 is 5.49. The highest BCUT2D eigenvalue weighted by Crippen LogP contribution is 1.93. The number of nitrogens with zero attached hydrogens (tertiary/aromatic N) is 1. The molecule has 0 spiro atoms. The number of amides is 1. The molecule has 0 saturated heterocycles. The summed E-state index contributed by atoms with van der Waals surface area (Å²) in [5, 5.41) is 9.02. The molecule has 0 aliphatic heterocycles. The van der Waals surface area contributed by atoms with E-state index in [9.17, 15) is 4.79 Å². The van der Waals surface area contributed by atoms with Gasteiger partial charge in [-0.2, -0.15) is 5.10 Å². The normalized spacial score (nSPS) is 9.92. The topological polar surface area (TPSA) is 57.8 Å². The van der Waals surface area contributed by atoms with Crippen molar-refractivity contribution in [2.45, 2.75) is 12.8 Å². The van der Waals surface area contributed by atoms with Crippen molar-refractivity contribution in [3.8, 4) is 0 Å². The Morgan fingerprint density at radius 3 is 3.08 bits per heavy atom. The first-order chi connectivity index (χ1) is 6.34. The van der Waals surface area contributed by atoms with E-state index in [1.165, 1.54) is 0 Å². The number of hydrogen-bond donors (Lipinski definition) is 2. The summed E-state index contributed by atoms with van der Waals surface area (Å²) in [6, 6.07) is 1.64. The number of H-pyrrole nitrogens is 1. The van der Waals surface area contributed by atoms with Gasteiger partial charge >= 0.3 is 0 Å². The molecule has 0 aliphatic carbocycles. The third-order valence-electron chi connectivity index (χ3n) is 1.59. The molecule has 0 saturated carbocycles. The molecular formula is C8H12ClN3O. The number of nitrogens with one attached hydrogen (secondary N) is 2. The van der Waals surface area contributed by atoms with Crippen LogP contribution in [0, 0.1) is 0 Å². The van der Waals surface area contributed by atoms with Crippen molar-refractivity contribution < 1.29 is 4.79 Å². The van der Waals surface area contributed by atoms with Gasteiger partial charge in [0.05, 0.1) is 0 Å². The number of unbranched alkanes of at least 4 members (excludes halogenated alkanes) is 1. The number of aromatic nitrogens is 2. The predicted octanol–water partition coefficient (Wildman–Crippen LogP) is 1.16. The lowest BCUT2D eigenvalue weighted by molar-refractivity contribution is 0.0948. The molecule has 72 valence electrons. The van der Waals surface area contributed by atoms with Gasteiger partial charge in [0.2, 0.25) is 0 Å². The highest BCUT2D eigenvalue weighted by molar-refractivity contribution is 6.17. The molecule has 2 N–H and O–H groups in total. The van der Waals surface area contributed by atoms with Crippen LogP contribution in [0.4, 0.5) is 0 Å². The van der Waals surface area contributed by atoms with Gasteiger partial charge < -0.3 is 5.32 Å². The summed E-state index contributed by atoms with van der Waals surface area (Å²) in [5.41, 5.74) is 0.492. The Morgan fingerprint density at radius 1 is 1.62 bits per heavy atom. The van der Waals surface area contributed by atoms with Crippen molar-refractivity contribution in [2.75, 3.05) is 12.4 Å². The summed E-state index contributed by atoms with van der Waals surface area (Å²) in [5.74, 6) is 0.520. The molecule has 0 fully saturated rings. The van der Waals surface area contributed by atoms with Gasteiger partial charge in [0.25, 0.3) is 5.91 Å². The molecule has 1 heterocycles. The highest BCUT2D eigenvalue weighted by Gasteiger charge is 2.04. The maximum atomic E-state index is 11.3. The molecule has 1 aromatic rings. The van der Waals surface area contributed by atoms with Crippen molar-refractivity contribution >= 4 is 17.5 Å². The molecule has 0 bridgehead atoms. The molecule has 1 amide bonds. The Morgan fingerprint density at radius 2 is 2.46 bits per heavy atom. The number of hydrogen-bond acceptors (Lipinski definition) is 2. The van der Waals surface area contributed by atoms with Crippen molar-refractivity contribution in [3.63, 3.8) is 0 Å². The fourth-order valence-corrected chi connectivity index (χ4v) is 1.09. The van der Waals surface area contributed by atoms with Gasteiger partial charge in [0, 0.05) is 18.6 Å². The van der Waals surface area contributed by atoms with Crippen LogP contribution < -0.4 is 5.32 Å². The largest absolute Gasteiger partial charge is 0.351 e. The van der Waals surface area contributed by atoms with E-state index in [1.807, 2.05) is 0 Å². The Kier molecular flexibility index (Phi) is 4.32. The first-order valence-electron chi connectivity index (χ1n) is 4.18. The second-order valence-electron chi connectivity index (χ2n) is 2.62. The minimum atomic E-state index is -0.118. The van der Waals surface area contributed by atoms with Crippen LogP contribution in [0.15, 0.2) is 12.3 Å². The smallest absolute Gasteiger partial charge is 0.269 e. The average molecular weight is 202 g/mol. The number of carbonyl (C=O) groups excluding carboxylic acids is 1. The number of halogens is 1. The summed E-state index contributed by atoms with van der Waals surface area (Å²) < 4.78 is 0. The molecule has 5 heteroatoms. The molecule has 0 aromatic carbocycles. The second kappa shape index (κ2) is 5.59. The SMILES string of the molecule is O=C(NCCCCCl)c1ccn[nH]1. The third-order valence-corrected chi connectivity index (χ3v) is 1.86. The lowest BCUT2D eigenvalue weighted by atomic mass is 10.3. The Hall–Kier alpha value is -1.03. The number of carbonyl (C=O) groups is 1. The van der Waals surface area contributed by atoms with Crippen LogP contribution in [0.25, 0.3) is 0 Å². The van der Waals surface area contributed by atoms with Gasteiger partial charge in [0.1, 0.15) is 5.69 Å². The predicted molar refractivity (Wildman–Crippen MR) is 50.9 cm³/mol. The van der Waals surface area contributed by atoms with E-state index in [1.54, 1.807) is 12.3 Å². The lowest BCUT2D eigenvalue weighted by Gasteiger charge is -2.01. The standard InChI is InChI=1S/C8H12ClN3O/c9-4-1-2-5-10-8(13)7-3-6-11-12-7/h3,6H,1-2,4-5H2,(H,10,13)(H,11,12). The van der Waals surface area contributed by atoms with Gasteiger partial charge in [-0.05, 0) is 18.9 Å². The molecular weight excluding hydrogens is 190 g/mol. The van der Waals surface area contributed by atoms with Crippen molar-refractivity contribution in [3.05, 3.63) is 18.0 Å². The summed E-state index contributed by atoms with van der Waals surface area (Å²) in [6.07, 6.45) is 3.38. The van der Waals surface area contributed by atoms with E-state index in [0.717, 1.165) is 12.8 Å². The Balaban J connectivity index is 2.19. The molecule has 1 aromatic heterocycles. The van der Waals surface area contributed by atoms with Crippen LogP contribution in [-0.2, 0) is 0 Å². The molecule has 0 aliphatic rings. The first-order valence-corrected chi connectivity index (χ1v) is 4.71. The van der Waals surface area contributed by atoms with Crippen LogP contribution in [0.5, 0.6) is 0 Å². The fourth-order valence-electron chi connectivity index (χ4n) is 0.899. The average Bonchev–Trinajstić information content (AvgIpc) is 2.65. The zero-order chi connectivity index (χ0) is 9.52. The molecule has 4 nitrogen and oxygen atoms in total. The van der Waals surface area contributed by atoms with Crippen LogP contribution in [0.2, 0.25) is 0 Å². The summed E-state index contributed by atoms with van der Waals surface area (Å²) in [4.78, 5) is 11.3. The lowest BCUT2D eigenvalue weighted by Crippen LogP contribution is -2.24. The van der Waals surface area contributed by atoms with E-state index >= 15 is 0 Å². The van der Waals surface area contributed by atoms with Crippen LogP contribution in [0.1, 0.15) is 23.3 Å². The fraction of sp³-hybridized carbons (Fsp3) is 0.500. The molecule has 1 rings (SSSR count). The van der Waals surface area contributed by atoms with Crippen molar-refractivity contribution in [1.29, 1.82) is 0 Å². The molecule has 0 radical (unpaired) electrons. The van der Waals surface area contributed by atoms with E-state index < -0.39 is 0 Å². The van der Waals surface area contributed by atoms with Crippen molar-refractivity contribution in [1.82, 2.24) is 15.5 Å². The molecule has 13 heavy (non-hydrogen) atoms. The zero-order valence-corrected chi connectivity index (χ0v) is 7.97. The Bertz CT molecular complexity index is 248. The number of alkyl halides is 1. The van der Waals surface area contributed by atoms with E-state index in [2.05, 4.69) is 15.5 Å². The van der Waals surface area contributed by atoms with Crippen LogP contribution in [0.3, 0.4) is 0 Å². The van der Waals surface area contributed by atoms with Gasteiger partial charge in [-0.3, -0.25) is 9.89 Å². The monoisotopic (exact) mass is 201 g/mol. The number of aromatic amines is 1. The van der Waals surface area contributed by atoms with Gasteiger partial charge in [0.15, 0.2) is 0 Å². The summed E-state index contributed by atoms with van der Waals surface area (Å²) in [6.45, 7) is 0.657. The third kappa shape index (κ3) is 3.46. The molecule has 0 atom stereocenters. The van der Waals surface area contributed by atoms with E-state index in [-0.39, 0.29) is 5.91 Å². The van der Waals surface area contributed by atoms with Gasteiger partial charge in [-0.1, -0.05) is 0 Å². The van der Waals surface area contributed by atoms with Crippen LogP contribution >= 0.6 is 11.6 Å². The second-order valence-corrected chi connectivity index (χ2v) is 3.00. The van der Waals surface area contributed by atoms with Crippen LogP contribution in [-0.4, -0.2) is 28.5 Å². The first kappa shape index (κ1) is 10.1. The quantitative estimate of drug-likeness (QED) is 0.555. The zero-order valence-electron chi connectivity index (χ0n) is 7.22.